The lowest BCUT2D eigenvalue weighted by atomic mass is 10.1. The van der Waals surface area contributed by atoms with E-state index in [2.05, 4.69) is 6.07 Å². The first-order chi connectivity index (χ1) is 10.1. The van der Waals surface area contributed by atoms with E-state index in [1.54, 1.807) is 35.4 Å². The number of anilines is 1. The lowest BCUT2D eigenvalue weighted by Crippen LogP contribution is -2.31. The number of hydrogen-bond acceptors (Lipinski definition) is 4. The van der Waals surface area contributed by atoms with E-state index in [9.17, 15) is 4.79 Å². The van der Waals surface area contributed by atoms with Crippen LogP contribution in [0.5, 0.6) is 0 Å². The predicted molar refractivity (Wildman–Crippen MR) is 79.3 cm³/mol. The molecule has 2 rings (SSSR count). The summed E-state index contributed by atoms with van der Waals surface area (Å²) in [4.78, 5) is 14.3. The highest BCUT2D eigenvalue weighted by atomic mass is 16.3. The van der Waals surface area contributed by atoms with E-state index >= 15 is 0 Å². The number of nitrogen functional groups attached to an aromatic ring is 1. The second kappa shape index (κ2) is 6.62. The van der Waals surface area contributed by atoms with Gasteiger partial charge in [-0.3, -0.25) is 4.79 Å². The molecule has 0 unspecified atom stereocenters. The normalized spacial score (nSPS) is 10.1. The molecule has 0 atom stereocenters. The summed E-state index contributed by atoms with van der Waals surface area (Å²) in [6.45, 7) is 2.55. The van der Waals surface area contributed by atoms with Crippen LogP contribution in [0.4, 0.5) is 5.69 Å². The Morgan fingerprint density at radius 1 is 1.43 bits per heavy atom. The standard InChI is InChI=1S/C16H17N3O2/c1-12-10-13(18)5-6-15(12)16(20)19(8-3-7-17)11-14-4-2-9-21-14/h2,4-6,9-10H,3,8,11,18H2,1H3. The van der Waals surface area contributed by atoms with Gasteiger partial charge in [0.2, 0.25) is 0 Å². The average molecular weight is 283 g/mol. The molecule has 0 fully saturated rings. The molecule has 0 aliphatic rings. The smallest absolute Gasteiger partial charge is 0.254 e. The molecule has 5 nitrogen and oxygen atoms in total. The van der Waals surface area contributed by atoms with Crippen molar-refractivity contribution in [2.45, 2.75) is 19.9 Å². The number of amides is 1. The summed E-state index contributed by atoms with van der Waals surface area (Å²) in [5, 5.41) is 8.76. The number of carbonyl (C=O) groups excluding carboxylic acids is 1. The van der Waals surface area contributed by atoms with Gasteiger partial charge in [0.15, 0.2) is 0 Å². The van der Waals surface area contributed by atoms with Gasteiger partial charge in [0.25, 0.3) is 5.91 Å². The Labute approximate surface area is 123 Å². The SMILES string of the molecule is Cc1cc(N)ccc1C(=O)N(CCC#N)Cc1ccco1. The third kappa shape index (κ3) is 3.63. The van der Waals surface area contributed by atoms with Crippen LogP contribution in [0, 0.1) is 18.3 Å². The van der Waals surface area contributed by atoms with Crippen LogP contribution >= 0.6 is 0 Å². The zero-order chi connectivity index (χ0) is 15.2. The molecule has 1 heterocycles. The molecule has 0 spiro atoms. The Morgan fingerprint density at radius 3 is 2.86 bits per heavy atom. The molecule has 2 aromatic rings. The number of carbonyl (C=O) groups is 1. The Kier molecular flexibility index (Phi) is 4.62. The van der Waals surface area contributed by atoms with E-state index in [0.717, 1.165) is 5.56 Å². The highest BCUT2D eigenvalue weighted by Gasteiger charge is 2.18. The van der Waals surface area contributed by atoms with Crippen molar-refractivity contribution in [3.05, 3.63) is 53.5 Å². The first-order valence-corrected chi connectivity index (χ1v) is 6.66. The van der Waals surface area contributed by atoms with Gasteiger partial charge in [-0.1, -0.05) is 0 Å². The van der Waals surface area contributed by atoms with Gasteiger partial charge < -0.3 is 15.1 Å². The molecule has 2 N–H and O–H groups in total. The molecule has 0 saturated heterocycles. The quantitative estimate of drug-likeness (QED) is 0.855. The Hall–Kier alpha value is -2.74. The minimum Gasteiger partial charge on any atom is -0.467 e. The maximum atomic E-state index is 12.6. The van der Waals surface area contributed by atoms with Crippen LogP contribution in [0.15, 0.2) is 41.0 Å². The van der Waals surface area contributed by atoms with Crippen LogP contribution in [0.25, 0.3) is 0 Å². The van der Waals surface area contributed by atoms with E-state index in [1.165, 1.54) is 0 Å². The zero-order valence-electron chi connectivity index (χ0n) is 11.9. The fourth-order valence-corrected chi connectivity index (χ4v) is 2.13. The minimum absolute atomic E-state index is 0.126. The first kappa shape index (κ1) is 14.7. The van der Waals surface area contributed by atoms with Gasteiger partial charge in [-0.15, -0.1) is 0 Å². The zero-order valence-corrected chi connectivity index (χ0v) is 11.9. The summed E-state index contributed by atoms with van der Waals surface area (Å²) in [5.41, 5.74) is 7.75. The molecule has 1 amide bonds. The maximum Gasteiger partial charge on any atom is 0.254 e. The van der Waals surface area contributed by atoms with Crippen molar-refractivity contribution in [3.63, 3.8) is 0 Å². The third-order valence-electron chi connectivity index (χ3n) is 3.19. The molecule has 0 saturated carbocycles. The Balaban J connectivity index is 2.22. The monoisotopic (exact) mass is 283 g/mol. The number of rotatable bonds is 5. The largest absolute Gasteiger partial charge is 0.467 e. The number of furan rings is 1. The summed E-state index contributed by atoms with van der Waals surface area (Å²) in [7, 11) is 0. The van der Waals surface area contributed by atoms with Crippen molar-refractivity contribution >= 4 is 11.6 Å². The third-order valence-corrected chi connectivity index (χ3v) is 3.19. The molecule has 0 aliphatic carbocycles. The summed E-state index contributed by atoms with van der Waals surface area (Å²) < 4.78 is 5.28. The average Bonchev–Trinajstić information content (AvgIpc) is 2.95. The van der Waals surface area contributed by atoms with Gasteiger partial charge in [0.1, 0.15) is 5.76 Å². The van der Waals surface area contributed by atoms with Crippen molar-refractivity contribution in [2.24, 2.45) is 0 Å². The van der Waals surface area contributed by atoms with E-state index in [-0.39, 0.29) is 12.3 Å². The number of aryl methyl sites for hydroxylation is 1. The lowest BCUT2D eigenvalue weighted by molar-refractivity contribution is 0.0734. The number of nitrogens with two attached hydrogens (primary N) is 1. The van der Waals surface area contributed by atoms with Crippen molar-refractivity contribution in [3.8, 4) is 6.07 Å². The topological polar surface area (TPSA) is 83.3 Å². The Morgan fingerprint density at radius 2 is 2.24 bits per heavy atom. The fraction of sp³-hybridized carbons (Fsp3) is 0.250. The van der Waals surface area contributed by atoms with Crippen molar-refractivity contribution in [1.29, 1.82) is 5.26 Å². The maximum absolute atomic E-state index is 12.6. The highest BCUT2D eigenvalue weighted by Crippen LogP contribution is 2.17. The summed E-state index contributed by atoms with van der Waals surface area (Å²) >= 11 is 0. The second-order valence-corrected chi connectivity index (χ2v) is 4.79. The van der Waals surface area contributed by atoms with Crippen molar-refractivity contribution in [2.75, 3.05) is 12.3 Å². The van der Waals surface area contributed by atoms with Crippen LogP contribution in [0.2, 0.25) is 0 Å². The molecule has 5 heteroatoms. The molecule has 1 aromatic carbocycles. The molecule has 1 aromatic heterocycles. The highest BCUT2D eigenvalue weighted by molar-refractivity contribution is 5.96. The van der Waals surface area contributed by atoms with Gasteiger partial charge in [0, 0.05) is 17.8 Å². The lowest BCUT2D eigenvalue weighted by Gasteiger charge is -2.21. The number of hydrogen-bond donors (Lipinski definition) is 1. The predicted octanol–water partition coefficient (Wildman–Crippen LogP) is 2.73. The van der Waals surface area contributed by atoms with E-state index < -0.39 is 0 Å². The molecular formula is C16H17N3O2. The molecule has 0 bridgehead atoms. The molecular weight excluding hydrogens is 266 g/mol. The van der Waals surface area contributed by atoms with Crippen LogP contribution in [0.1, 0.15) is 28.1 Å². The van der Waals surface area contributed by atoms with Crippen LogP contribution in [-0.2, 0) is 6.54 Å². The number of nitrogens with zero attached hydrogens (tertiary/aromatic N) is 2. The van der Waals surface area contributed by atoms with Crippen molar-refractivity contribution in [1.82, 2.24) is 4.90 Å². The van der Waals surface area contributed by atoms with Gasteiger partial charge in [-0.2, -0.15) is 5.26 Å². The second-order valence-electron chi connectivity index (χ2n) is 4.79. The number of benzene rings is 1. The van der Waals surface area contributed by atoms with Crippen LogP contribution in [0.3, 0.4) is 0 Å². The Bertz CT molecular complexity index is 657. The van der Waals surface area contributed by atoms with E-state index in [0.29, 0.717) is 30.1 Å². The molecule has 108 valence electrons. The van der Waals surface area contributed by atoms with Crippen LogP contribution < -0.4 is 5.73 Å². The summed E-state index contributed by atoms with van der Waals surface area (Å²) in [6, 6.07) is 10.8. The summed E-state index contributed by atoms with van der Waals surface area (Å²) in [6.07, 6.45) is 1.84. The van der Waals surface area contributed by atoms with E-state index in [4.69, 9.17) is 15.4 Å². The van der Waals surface area contributed by atoms with Gasteiger partial charge >= 0.3 is 0 Å². The van der Waals surface area contributed by atoms with Crippen molar-refractivity contribution < 1.29 is 9.21 Å². The molecule has 0 radical (unpaired) electrons. The van der Waals surface area contributed by atoms with Gasteiger partial charge in [0.05, 0.1) is 25.3 Å². The first-order valence-electron chi connectivity index (χ1n) is 6.66. The van der Waals surface area contributed by atoms with E-state index in [1.807, 2.05) is 13.0 Å². The van der Waals surface area contributed by atoms with Crippen LogP contribution in [-0.4, -0.2) is 17.4 Å². The summed E-state index contributed by atoms with van der Waals surface area (Å²) in [5.74, 6) is 0.563. The number of nitriles is 1. The molecule has 21 heavy (non-hydrogen) atoms. The van der Waals surface area contributed by atoms with Gasteiger partial charge in [-0.25, -0.2) is 0 Å². The fourth-order valence-electron chi connectivity index (χ4n) is 2.13. The minimum atomic E-state index is -0.126. The molecule has 0 aliphatic heterocycles. The van der Waals surface area contributed by atoms with Gasteiger partial charge in [-0.05, 0) is 42.8 Å².